The number of aryl methyl sites for hydroxylation is 1. The van der Waals surface area contributed by atoms with E-state index in [1.54, 1.807) is 0 Å². The van der Waals surface area contributed by atoms with E-state index in [-0.39, 0.29) is 0 Å². The Labute approximate surface area is 180 Å². The van der Waals surface area contributed by atoms with E-state index in [1.165, 1.54) is 16.0 Å². The van der Waals surface area contributed by atoms with Gasteiger partial charge in [0.25, 0.3) is 0 Å². The average molecular weight is 439 g/mol. The molecule has 0 saturated carbocycles. The molecule has 0 spiro atoms. The molecule has 2 heterocycles. The van der Waals surface area contributed by atoms with E-state index in [9.17, 15) is 20.4 Å². The Bertz CT molecular complexity index is 838. The molecule has 5 nitrogen and oxygen atoms in total. The zero-order chi connectivity index (χ0) is 20.8. The molecule has 0 bridgehead atoms. The first-order valence-corrected chi connectivity index (χ1v) is 11.3. The zero-order valence-corrected chi connectivity index (χ0v) is 17.9. The van der Waals surface area contributed by atoms with Gasteiger partial charge in [-0.3, -0.25) is 0 Å². The Morgan fingerprint density at radius 1 is 1.21 bits per heavy atom. The highest BCUT2D eigenvalue weighted by molar-refractivity contribution is 7.99. The predicted octanol–water partition coefficient (Wildman–Crippen LogP) is 2.18. The van der Waals surface area contributed by atoms with Crippen molar-refractivity contribution in [2.75, 3.05) is 12.4 Å². The van der Waals surface area contributed by atoms with Crippen LogP contribution in [0.5, 0.6) is 0 Å². The van der Waals surface area contributed by atoms with Crippen molar-refractivity contribution >= 4 is 23.4 Å². The summed E-state index contributed by atoms with van der Waals surface area (Å²) in [5.74, 6) is 1.13. The molecule has 1 aromatic carbocycles. The first-order valence-electron chi connectivity index (χ1n) is 9.94. The summed E-state index contributed by atoms with van der Waals surface area (Å²) in [6.07, 6.45) is 0.371. The molecule has 4 N–H and O–H groups in total. The first-order chi connectivity index (χ1) is 13.8. The van der Waals surface area contributed by atoms with Gasteiger partial charge in [-0.25, -0.2) is 0 Å². The van der Waals surface area contributed by atoms with Gasteiger partial charge in [0.15, 0.2) is 0 Å². The number of ether oxygens (including phenoxy) is 1. The molecule has 0 aromatic heterocycles. The third-order valence-electron chi connectivity index (χ3n) is 6.26. The summed E-state index contributed by atoms with van der Waals surface area (Å²) in [5, 5.41) is 41.0. The van der Waals surface area contributed by atoms with E-state index in [0.717, 1.165) is 17.7 Å². The van der Waals surface area contributed by atoms with Gasteiger partial charge in [0.1, 0.15) is 24.4 Å². The molecule has 4 rings (SSSR count). The first kappa shape index (κ1) is 21.4. The van der Waals surface area contributed by atoms with Crippen LogP contribution in [0.3, 0.4) is 0 Å². The number of thioether (sulfide) groups is 1. The fourth-order valence-electron chi connectivity index (χ4n) is 4.57. The fourth-order valence-corrected chi connectivity index (χ4v) is 5.82. The van der Waals surface area contributed by atoms with Crippen molar-refractivity contribution in [3.63, 3.8) is 0 Å². The van der Waals surface area contributed by atoms with Gasteiger partial charge in [0, 0.05) is 21.1 Å². The van der Waals surface area contributed by atoms with E-state index in [2.05, 4.69) is 18.2 Å². The van der Waals surface area contributed by atoms with Gasteiger partial charge in [-0.15, -0.1) is 11.8 Å². The van der Waals surface area contributed by atoms with E-state index in [1.807, 2.05) is 30.8 Å². The highest BCUT2D eigenvalue weighted by atomic mass is 35.5. The van der Waals surface area contributed by atoms with Crippen LogP contribution in [0.25, 0.3) is 0 Å². The third kappa shape index (κ3) is 4.04. The van der Waals surface area contributed by atoms with Crippen molar-refractivity contribution < 1.29 is 25.2 Å². The van der Waals surface area contributed by atoms with Crippen LogP contribution in [0.2, 0.25) is 0 Å². The van der Waals surface area contributed by atoms with Crippen molar-refractivity contribution in [3.05, 3.63) is 52.1 Å². The van der Waals surface area contributed by atoms with Crippen molar-refractivity contribution in [1.82, 2.24) is 0 Å². The molecule has 1 saturated heterocycles. The molecule has 1 aromatic rings. The second kappa shape index (κ2) is 8.35. The highest BCUT2D eigenvalue weighted by Gasteiger charge is 2.50. The average Bonchev–Trinajstić information content (AvgIpc) is 3.17. The largest absolute Gasteiger partial charge is 0.394 e. The normalized spacial score (nSPS) is 37.1. The summed E-state index contributed by atoms with van der Waals surface area (Å²) in [7, 11) is 0. The van der Waals surface area contributed by atoms with Crippen LogP contribution in [0.1, 0.15) is 24.5 Å². The Hall–Kier alpha value is -0.860. The molecular weight excluding hydrogens is 412 g/mol. The quantitative estimate of drug-likeness (QED) is 0.576. The van der Waals surface area contributed by atoms with Crippen LogP contribution in [0.15, 0.2) is 45.9 Å². The Morgan fingerprint density at radius 3 is 2.76 bits per heavy atom. The summed E-state index contributed by atoms with van der Waals surface area (Å²) >= 11 is 8.40. The molecule has 0 amide bonds. The lowest BCUT2D eigenvalue weighted by Gasteiger charge is -2.48. The highest BCUT2D eigenvalue weighted by Crippen LogP contribution is 2.44. The van der Waals surface area contributed by atoms with Crippen LogP contribution >= 0.6 is 23.4 Å². The monoisotopic (exact) mass is 438 g/mol. The van der Waals surface area contributed by atoms with Gasteiger partial charge in [0.2, 0.25) is 0 Å². The predicted molar refractivity (Wildman–Crippen MR) is 113 cm³/mol. The maximum absolute atomic E-state index is 10.6. The van der Waals surface area contributed by atoms with E-state index >= 15 is 0 Å². The van der Waals surface area contributed by atoms with Gasteiger partial charge < -0.3 is 25.2 Å². The topological polar surface area (TPSA) is 90.2 Å². The minimum absolute atomic E-state index is 0.433. The minimum Gasteiger partial charge on any atom is -0.394 e. The van der Waals surface area contributed by atoms with Gasteiger partial charge in [-0.1, -0.05) is 36.7 Å². The Morgan fingerprint density at radius 2 is 2.00 bits per heavy atom. The van der Waals surface area contributed by atoms with Crippen LogP contribution in [0, 0.1) is 5.41 Å². The van der Waals surface area contributed by atoms with Crippen LogP contribution in [-0.4, -0.2) is 63.3 Å². The minimum atomic E-state index is -1.38. The van der Waals surface area contributed by atoms with Crippen molar-refractivity contribution in [3.8, 4) is 0 Å². The van der Waals surface area contributed by atoms with E-state index in [4.69, 9.17) is 16.3 Å². The fraction of sp³-hybridized carbons (Fsp3) is 0.545. The number of hydrogen-bond donors (Lipinski definition) is 4. The van der Waals surface area contributed by atoms with Crippen LogP contribution < -0.4 is 0 Å². The Kier molecular flexibility index (Phi) is 6.15. The number of hydrogen-bond acceptors (Lipinski definition) is 6. The second-order valence-corrected chi connectivity index (χ2v) is 9.98. The number of allylic oxidation sites excluding steroid dienone is 3. The molecule has 0 radical (unpaired) electrons. The molecule has 6 atom stereocenters. The van der Waals surface area contributed by atoms with Gasteiger partial charge in [0.05, 0.1) is 12.7 Å². The zero-order valence-electron chi connectivity index (χ0n) is 16.3. The van der Waals surface area contributed by atoms with Gasteiger partial charge in [-0.2, -0.15) is 0 Å². The molecule has 29 heavy (non-hydrogen) atoms. The number of halogens is 1. The molecule has 2 aliphatic heterocycles. The lowest BCUT2D eigenvalue weighted by Crippen LogP contribution is -2.62. The SMILES string of the molecule is CC1(C2OC(CO)C(O)C(O)C2O)C=CC(Cl)=C(Cc2ccc3c(c2)CCS3)C1. The number of rotatable bonds is 4. The molecular formula is C22H27ClO5S. The van der Waals surface area contributed by atoms with Crippen LogP contribution in [0.4, 0.5) is 0 Å². The number of fused-ring (bicyclic) bond motifs is 1. The maximum atomic E-state index is 10.6. The summed E-state index contributed by atoms with van der Waals surface area (Å²) < 4.78 is 5.84. The number of benzene rings is 1. The van der Waals surface area contributed by atoms with Crippen molar-refractivity contribution in [2.24, 2.45) is 5.41 Å². The molecule has 3 aliphatic rings. The molecule has 7 heteroatoms. The standard InChI is InChI=1S/C22H27ClO5S/c1-22(21-20(27)19(26)18(25)16(11-24)28-21)6-4-15(23)14(10-22)9-12-2-3-17-13(8-12)5-7-29-17/h2-4,6,8,16,18-21,24-27H,5,7,9-11H2,1H3. The number of aliphatic hydroxyl groups is 4. The summed E-state index contributed by atoms with van der Waals surface area (Å²) in [5.41, 5.74) is 2.99. The molecule has 6 unspecified atom stereocenters. The third-order valence-corrected chi connectivity index (χ3v) is 7.77. The summed E-state index contributed by atoms with van der Waals surface area (Å²) in [6, 6.07) is 6.56. The molecule has 1 fully saturated rings. The van der Waals surface area contributed by atoms with E-state index in [0.29, 0.717) is 17.9 Å². The lowest BCUT2D eigenvalue weighted by molar-refractivity contribution is -0.249. The van der Waals surface area contributed by atoms with Crippen molar-refractivity contribution in [1.29, 1.82) is 0 Å². The van der Waals surface area contributed by atoms with Gasteiger partial charge >= 0.3 is 0 Å². The molecule has 1 aliphatic carbocycles. The Balaban J connectivity index is 1.55. The lowest BCUT2D eigenvalue weighted by atomic mass is 9.70. The second-order valence-electron chi connectivity index (χ2n) is 8.43. The summed E-state index contributed by atoms with van der Waals surface area (Å²) in [6.45, 7) is 1.51. The van der Waals surface area contributed by atoms with Crippen molar-refractivity contribution in [2.45, 2.75) is 61.6 Å². The number of aliphatic hydroxyl groups excluding tert-OH is 4. The van der Waals surface area contributed by atoms with Gasteiger partial charge in [-0.05, 0) is 48.1 Å². The maximum Gasteiger partial charge on any atom is 0.111 e. The summed E-state index contributed by atoms with van der Waals surface area (Å²) in [4.78, 5) is 1.35. The van der Waals surface area contributed by atoms with Crippen LogP contribution in [-0.2, 0) is 17.6 Å². The smallest absolute Gasteiger partial charge is 0.111 e. The molecule has 158 valence electrons. The van der Waals surface area contributed by atoms with E-state index < -0.39 is 42.5 Å².